The second kappa shape index (κ2) is 8.82. The van der Waals surface area contributed by atoms with Crippen LogP contribution >= 0.6 is 0 Å². The number of hydrogen-bond donors (Lipinski definition) is 1. The van der Waals surface area contributed by atoms with Gasteiger partial charge in [0.2, 0.25) is 5.91 Å². The van der Waals surface area contributed by atoms with Crippen molar-refractivity contribution in [2.24, 2.45) is 0 Å². The first-order valence-corrected chi connectivity index (χ1v) is 9.62. The molecule has 0 saturated heterocycles. The molecule has 0 saturated carbocycles. The standard InChI is InChI=1S/C21H26N4O3/c1-14(11-12-17-8-5-4-6-9-17)22-18(26)10-7-13-25-21(27)20-19(15(2)23-25)16(3)28-24-20/h4-6,8-9,14H,7,10-13H2,1-3H3,(H,22,26). The smallest absolute Gasteiger partial charge is 0.296 e. The van der Waals surface area contributed by atoms with Gasteiger partial charge in [-0.15, -0.1) is 0 Å². The molecule has 1 amide bonds. The number of benzene rings is 1. The summed E-state index contributed by atoms with van der Waals surface area (Å²) in [7, 11) is 0. The van der Waals surface area contributed by atoms with Crippen LogP contribution in [0.2, 0.25) is 0 Å². The van der Waals surface area contributed by atoms with Crippen molar-refractivity contribution in [2.45, 2.75) is 59.0 Å². The van der Waals surface area contributed by atoms with Gasteiger partial charge >= 0.3 is 0 Å². The minimum absolute atomic E-state index is 0.0105. The molecule has 1 atom stereocenters. The van der Waals surface area contributed by atoms with Crippen LogP contribution in [0.15, 0.2) is 39.6 Å². The predicted molar refractivity (Wildman–Crippen MR) is 107 cm³/mol. The predicted octanol–water partition coefficient (Wildman–Crippen LogP) is 2.92. The Morgan fingerprint density at radius 3 is 2.75 bits per heavy atom. The van der Waals surface area contributed by atoms with Crippen LogP contribution in [0.3, 0.4) is 0 Å². The maximum atomic E-state index is 12.4. The summed E-state index contributed by atoms with van der Waals surface area (Å²) in [4.78, 5) is 24.6. The highest BCUT2D eigenvalue weighted by Crippen LogP contribution is 2.16. The number of carbonyl (C=O) groups excluding carboxylic acids is 1. The number of rotatable bonds is 8. The highest BCUT2D eigenvalue weighted by Gasteiger charge is 2.15. The molecule has 0 radical (unpaired) electrons. The highest BCUT2D eigenvalue weighted by atomic mass is 16.5. The van der Waals surface area contributed by atoms with E-state index in [1.54, 1.807) is 6.92 Å². The van der Waals surface area contributed by atoms with E-state index >= 15 is 0 Å². The van der Waals surface area contributed by atoms with Crippen LogP contribution in [0.1, 0.15) is 43.2 Å². The Morgan fingerprint density at radius 1 is 1.25 bits per heavy atom. The van der Waals surface area contributed by atoms with Crippen molar-refractivity contribution in [1.82, 2.24) is 20.3 Å². The Morgan fingerprint density at radius 2 is 2.00 bits per heavy atom. The largest absolute Gasteiger partial charge is 0.360 e. The van der Waals surface area contributed by atoms with Gasteiger partial charge in [0.15, 0.2) is 5.52 Å². The average molecular weight is 382 g/mol. The fourth-order valence-corrected chi connectivity index (χ4v) is 3.33. The number of hydrogen-bond acceptors (Lipinski definition) is 5. The molecule has 0 fully saturated rings. The normalized spacial score (nSPS) is 12.2. The third kappa shape index (κ3) is 4.65. The summed E-state index contributed by atoms with van der Waals surface area (Å²) in [5, 5.41) is 11.9. The minimum atomic E-state index is -0.283. The van der Waals surface area contributed by atoms with Crippen LogP contribution in [0, 0.1) is 13.8 Å². The quantitative estimate of drug-likeness (QED) is 0.647. The zero-order chi connectivity index (χ0) is 20.1. The van der Waals surface area contributed by atoms with Crippen LogP contribution < -0.4 is 10.9 Å². The molecule has 1 N–H and O–H groups in total. The van der Waals surface area contributed by atoms with Gasteiger partial charge in [0.25, 0.3) is 5.56 Å². The third-order valence-corrected chi connectivity index (χ3v) is 4.82. The van der Waals surface area contributed by atoms with Gasteiger partial charge in [0.05, 0.1) is 11.1 Å². The molecule has 0 spiro atoms. The SMILES string of the molecule is Cc1nn(CCCC(=O)NC(C)CCc2ccccc2)c(=O)c2noc(C)c12. The zero-order valence-electron chi connectivity index (χ0n) is 16.6. The monoisotopic (exact) mass is 382 g/mol. The lowest BCUT2D eigenvalue weighted by molar-refractivity contribution is -0.121. The van der Waals surface area contributed by atoms with Crippen molar-refractivity contribution in [3.8, 4) is 0 Å². The summed E-state index contributed by atoms with van der Waals surface area (Å²) in [6, 6.07) is 10.3. The molecule has 0 aliphatic heterocycles. The topological polar surface area (TPSA) is 90.0 Å². The molecule has 0 aliphatic carbocycles. The summed E-state index contributed by atoms with van der Waals surface area (Å²) >= 11 is 0. The Balaban J connectivity index is 1.48. The van der Waals surface area contributed by atoms with Crippen molar-refractivity contribution in [3.05, 3.63) is 57.7 Å². The number of carbonyl (C=O) groups is 1. The molecule has 3 aromatic rings. The molecule has 28 heavy (non-hydrogen) atoms. The van der Waals surface area contributed by atoms with Crippen molar-refractivity contribution in [2.75, 3.05) is 0 Å². The van der Waals surface area contributed by atoms with Gasteiger partial charge in [-0.3, -0.25) is 9.59 Å². The first-order valence-electron chi connectivity index (χ1n) is 9.62. The van der Waals surface area contributed by atoms with Crippen molar-refractivity contribution in [3.63, 3.8) is 0 Å². The van der Waals surface area contributed by atoms with E-state index in [-0.39, 0.29) is 17.5 Å². The molecule has 148 valence electrons. The van der Waals surface area contributed by atoms with Gasteiger partial charge < -0.3 is 9.84 Å². The Kier molecular flexibility index (Phi) is 6.23. The van der Waals surface area contributed by atoms with Gasteiger partial charge in [0.1, 0.15) is 5.76 Å². The molecule has 3 rings (SSSR count). The second-order valence-electron chi connectivity index (χ2n) is 7.17. The van der Waals surface area contributed by atoms with E-state index in [9.17, 15) is 9.59 Å². The molecule has 1 unspecified atom stereocenters. The van der Waals surface area contributed by atoms with Crippen LogP contribution in [-0.4, -0.2) is 26.9 Å². The van der Waals surface area contributed by atoms with E-state index in [1.165, 1.54) is 10.2 Å². The lowest BCUT2D eigenvalue weighted by atomic mass is 10.1. The molecule has 0 bridgehead atoms. The Labute approximate surface area is 163 Å². The number of aryl methyl sites for hydroxylation is 4. The van der Waals surface area contributed by atoms with Crippen LogP contribution in [0.25, 0.3) is 10.9 Å². The van der Waals surface area contributed by atoms with Crippen LogP contribution in [-0.2, 0) is 17.8 Å². The molecule has 1 aromatic carbocycles. The van der Waals surface area contributed by atoms with E-state index < -0.39 is 0 Å². The fraction of sp³-hybridized carbons (Fsp3) is 0.429. The van der Waals surface area contributed by atoms with Crippen molar-refractivity contribution >= 4 is 16.8 Å². The number of nitrogens with one attached hydrogen (secondary N) is 1. The van der Waals surface area contributed by atoms with E-state index in [2.05, 4.69) is 27.7 Å². The summed E-state index contributed by atoms with van der Waals surface area (Å²) < 4.78 is 6.47. The molecule has 7 heteroatoms. The van der Waals surface area contributed by atoms with E-state index in [4.69, 9.17) is 4.52 Å². The van der Waals surface area contributed by atoms with E-state index in [1.807, 2.05) is 32.0 Å². The molecule has 0 aliphatic rings. The summed E-state index contributed by atoms with van der Waals surface area (Å²) in [6.45, 7) is 5.96. The molecular formula is C21H26N4O3. The number of nitrogens with zero attached hydrogens (tertiary/aromatic N) is 3. The van der Waals surface area contributed by atoms with Gasteiger partial charge in [-0.1, -0.05) is 35.5 Å². The summed E-state index contributed by atoms with van der Waals surface area (Å²) in [5.74, 6) is 0.580. The first-order chi connectivity index (χ1) is 13.5. The van der Waals surface area contributed by atoms with E-state index in [0.717, 1.165) is 12.8 Å². The first kappa shape index (κ1) is 19.8. The Bertz CT molecular complexity index is 1010. The fourth-order valence-electron chi connectivity index (χ4n) is 3.33. The number of aromatic nitrogens is 3. The van der Waals surface area contributed by atoms with Crippen LogP contribution in [0.4, 0.5) is 0 Å². The zero-order valence-corrected chi connectivity index (χ0v) is 16.6. The molecule has 7 nitrogen and oxygen atoms in total. The summed E-state index contributed by atoms with van der Waals surface area (Å²) in [6.07, 6.45) is 2.70. The molecule has 2 aromatic heterocycles. The van der Waals surface area contributed by atoms with Crippen molar-refractivity contribution < 1.29 is 9.32 Å². The number of fused-ring (bicyclic) bond motifs is 1. The lowest BCUT2D eigenvalue weighted by Crippen LogP contribution is -2.33. The van der Waals surface area contributed by atoms with Gasteiger partial charge in [-0.05, 0) is 45.6 Å². The minimum Gasteiger partial charge on any atom is -0.360 e. The Hall–Kier alpha value is -2.96. The molecular weight excluding hydrogens is 356 g/mol. The summed E-state index contributed by atoms with van der Waals surface area (Å²) in [5.41, 5.74) is 1.98. The van der Waals surface area contributed by atoms with Gasteiger partial charge in [-0.2, -0.15) is 5.10 Å². The van der Waals surface area contributed by atoms with Gasteiger partial charge in [0, 0.05) is 19.0 Å². The maximum Gasteiger partial charge on any atom is 0.296 e. The highest BCUT2D eigenvalue weighted by molar-refractivity contribution is 5.81. The number of amides is 1. The van der Waals surface area contributed by atoms with Crippen LogP contribution in [0.5, 0.6) is 0 Å². The lowest BCUT2D eigenvalue weighted by Gasteiger charge is -2.14. The van der Waals surface area contributed by atoms with Gasteiger partial charge in [-0.25, -0.2) is 4.68 Å². The molecule has 2 heterocycles. The maximum absolute atomic E-state index is 12.4. The van der Waals surface area contributed by atoms with E-state index in [0.29, 0.717) is 41.7 Å². The van der Waals surface area contributed by atoms with Crippen molar-refractivity contribution in [1.29, 1.82) is 0 Å². The third-order valence-electron chi connectivity index (χ3n) is 4.82. The average Bonchev–Trinajstić information content (AvgIpc) is 3.07. The second-order valence-corrected chi connectivity index (χ2v) is 7.17.